The molecule has 8 aromatic heterocycles. The van der Waals surface area contributed by atoms with E-state index in [4.69, 9.17) is 78.1 Å². The lowest BCUT2D eigenvalue weighted by atomic mass is 10.1. The number of aryl methyl sites for hydroxylation is 1. The second kappa shape index (κ2) is 34.5. The molecule has 58 heteroatoms. The summed E-state index contributed by atoms with van der Waals surface area (Å²) in [5, 5.41) is 84.1. The molecule has 0 spiro atoms. The average Bonchev–Trinajstić information content (AvgIpc) is 1.62. The van der Waals surface area contributed by atoms with E-state index < -0.39 is 178 Å². The van der Waals surface area contributed by atoms with Crippen LogP contribution >= 0.6 is 54.8 Å². The van der Waals surface area contributed by atoms with Crippen LogP contribution < -0.4 is 54.3 Å². The van der Waals surface area contributed by atoms with Crippen molar-refractivity contribution in [3.8, 4) is 0 Å². The molecule has 0 radical (unpaired) electrons. The van der Waals surface area contributed by atoms with Gasteiger partial charge in [0, 0.05) is 23.0 Å². The zero-order valence-corrected chi connectivity index (χ0v) is 60.1. The first-order chi connectivity index (χ1) is 50.5. The molecular formula is C50H76N20O32P4S2+2. The Morgan fingerprint density at radius 2 is 0.815 bits per heavy atom. The zero-order valence-electron chi connectivity index (χ0n) is 54.9. The largest absolute Gasteiger partial charge is 0.472 e. The Morgan fingerprint density at radius 3 is 1.22 bits per heavy atom. The van der Waals surface area contributed by atoms with Crippen LogP contribution in [0.1, 0.15) is 32.3 Å². The number of nitrogens with one attached hydrogen (secondary N) is 5. The third-order valence-corrected chi connectivity index (χ3v) is 21.9. The maximum atomic E-state index is 12.4. The van der Waals surface area contributed by atoms with Crippen molar-refractivity contribution in [1.29, 1.82) is 0 Å². The van der Waals surface area contributed by atoms with Crippen LogP contribution in [-0.2, 0) is 80.4 Å². The number of hydrogen-bond donors (Lipinski definition) is 21. The fourth-order valence-corrected chi connectivity index (χ4v) is 15.8. The van der Waals surface area contributed by atoms with E-state index in [1.165, 1.54) is 35.5 Å². The van der Waals surface area contributed by atoms with E-state index in [9.17, 15) is 97.9 Å². The number of anilines is 4. The van der Waals surface area contributed by atoms with Gasteiger partial charge in [-0.05, 0) is 0 Å². The third-order valence-electron chi connectivity index (χ3n) is 16.2. The van der Waals surface area contributed by atoms with E-state index in [0.717, 1.165) is 36.2 Å². The van der Waals surface area contributed by atoms with Crippen LogP contribution in [0.5, 0.6) is 0 Å². The van der Waals surface area contributed by atoms with Crippen molar-refractivity contribution >= 4 is 123 Å². The Balaban J connectivity index is 0.000000228. The van der Waals surface area contributed by atoms with Crippen molar-refractivity contribution in [1.82, 2.24) is 68.5 Å². The highest BCUT2D eigenvalue weighted by atomic mass is 32.2. The van der Waals surface area contributed by atoms with Crippen LogP contribution in [0.2, 0.25) is 0 Å². The van der Waals surface area contributed by atoms with E-state index in [1.807, 2.05) is 0 Å². The van der Waals surface area contributed by atoms with Crippen LogP contribution in [0.25, 0.3) is 44.7 Å². The lowest BCUT2D eigenvalue weighted by Gasteiger charge is -2.18. The maximum Gasteiger partial charge on any atom is 0.472 e. The van der Waals surface area contributed by atoms with Gasteiger partial charge in [-0.25, -0.2) is 37.4 Å². The quantitative estimate of drug-likeness (QED) is 0.0106. The highest BCUT2D eigenvalue weighted by Gasteiger charge is 2.51. The average molecular weight is 1660 g/mol. The van der Waals surface area contributed by atoms with Gasteiger partial charge in [0.15, 0.2) is 47.4 Å². The summed E-state index contributed by atoms with van der Waals surface area (Å²) in [5.41, 5.74) is 20.0. The van der Waals surface area contributed by atoms with Gasteiger partial charge in [0.05, 0.1) is 72.6 Å². The SMILES string of the molecule is C.Cn1c[n+]([C@@H]2O[C@H](COP(=O)(O)OCCSCCOP(=O)(O)OC[C@H]3O[C@@H]([n+]4c[nH]c5c(=O)[nH]c(N)nc54)[C@H](O)[C@@H]3O)[C@@H](O)[C@H]2O)c2nc(N)[nH]c(=O)c21.Nc1nc2c(ncn2[C@@H]2O[C@H](COP(=O)(O)OCCSCCOP(=O)(O)OC[C@H]3O[C@@H](n4cnc5c(=O)[nH]c(N)nc54)[C@H](O)[C@@H]3O)[C@@H](O)[C@H]2O)c(=O)[nH]1. The second-order valence-electron chi connectivity index (χ2n) is 23.4. The number of aromatic amines is 5. The Labute approximate surface area is 610 Å². The highest BCUT2D eigenvalue weighted by Crippen LogP contribution is 2.48. The lowest BCUT2D eigenvalue weighted by molar-refractivity contribution is -0.746. The van der Waals surface area contributed by atoms with Crippen molar-refractivity contribution in [2.75, 3.05) is 98.8 Å². The van der Waals surface area contributed by atoms with Crippen LogP contribution in [0.4, 0.5) is 23.8 Å². The molecule has 4 aliphatic heterocycles. The third kappa shape index (κ3) is 19.1. The van der Waals surface area contributed by atoms with Crippen molar-refractivity contribution in [2.45, 2.75) is 106 Å². The monoisotopic (exact) mass is 1660 g/mol. The maximum absolute atomic E-state index is 12.4. The molecule has 52 nitrogen and oxygen atoms in total. The Kier molecular flexibility index (Phi) is 26.7. The first kappa shape index (κ1) is 83.7. The minimum atomic E-state index is -4.67. The molecular weight excluding hydrogens is 1580 g/mol. The fraction of sp³-hybridized carbons (Fsp3) is 0.600. The molecule has 108 heavy (non-hydrogen) atoms. The number of nitrogens with two attached hydrogens (primary N) is 4. The molecule has 4 saturated heterocycles. The molecule has 0 aliphatic carbocycles. The van der Waals surface area contributed by atoms with Gasteiger partial charge < -0.3 is 102 Å². The number of aliphatic hydroxyl groups is 8. The minimum absolute atomic E-state index is 0. The summed E-state index contributed by atoms with van der Waals surface area (Å²) in [7, 11) is -17.1. The summed E-state index contributed by atoms with van der Waals surface area (Å²) in [5.74, 6) is -0.389. The Bertz CT molecular complexity index is 4810. The summed E-state index contributed by atoms with van der Waals surface area (Å²) in [6, 6.07) is 0. The van der Waals surface area contributed by atoms with Gasteiger partial charge in [0.1, 0.15) is 73.2 Å². The standard InChI is InChI=1S/C25H36N10O16P2S.C24H34N10O16P2S.CH4/c1-33-9-35(19-13(33)21(41)32-25(27)30-19)23-17(39)15(37)11(51-23)7-49-53(44,45)47-3-5-54-4-2-46-52(42,43)48-6-10-14(36)16(38)22(50-10)34-8-28-12-18(34)29-24(26)31-20(12)40;25-23-29-17-11(19(39)31-23)27-7-33(17)21-15(37)13(35)9(49-21)5-47-51(41,42)45-1-3-53-4-2-46-52(43,44)48-6-10-14(36)16(38)22(50-10)34-8-28-12-18(34)30-24(26)32-20(12)40;/h8-11,14-17,22-23,36-39H,2-7H2,1H3,(H7-,26,27,29,30,31,32,40,41,42,43,44,45);7-10,13-16,21-22,35-38H,1-6H2,(H,41,42)(H,43,44)(H3,25,29,31,39)(H3,26,30,32,40);1H4/p+2/t10-,11-,14-,15-,16-,17-,22-,23-;9-,10-,13-,14-,15-,16-,21-,22-;/m11./s1. The van der Waals surface area contributed by atoms with Gasteiger partial charge in [0.2, 0.25) is 35.4 Å². The summed E-state index contributed by atoms with van der Waals surface area (Å²) in [6.45, 7) is -3.88. The fourth-order valence-electron chi connectivity index (χ4n) is 11.2. The zero-order chi connectivity index (χ0) is 77.4. The molecule has 4 unspecified atom stereocenters. The van der Waals surface area contributed by atoms with Crippen LogP contribution in [0.15, 0.2) is 44.5 Å². The molecule has 0 aromatic carbocycles. The normalized spacial score (nSPS) is 28.1. The number of rotatable bonds is 32. The summed E-state index contributed by atoms with van der Waals surface area (Å²) in [4.78, 5) is 124. The van der Waals surface area contributed by atoms with Gasteiger partial charge in [-0.1, -0.05) is 17.4 Å². The van der Waals surface area contributed by atoms with Crippen molar-refractivity contribution in [2.24, 2.45) is 7.05 Å². The molecule has 0 bridgehead atoms. The molecule has 598 valence electrons. The number of phosphoric acid groups is 4. The molecule has 8 aromatic rings. The van der Waals surface area contributed by atoms with Crippen molar-refractivity contribution in [3.63, 3.8) is 0 Å². The number of imidazole rings is 4. The Morgan fingerprint density at radius 1 is 0.472 bits per heavy atom. The first-order valence-electron chi connectivity index (χ1n) is 31.2. The van der Waals surface area contributed by atoms with E-state index >= 15 is 0 Å². The van der Waals surface area contributed by atoms with Gasteiger partial charge in [-0.2, -0.15) is 33.5 Å². The number of thioether (sulfide) groups is 2. The predicted octanol–water partition coefficient (Wildman–Crippen LogP) is -7.20. The number of nitrogen functional groups attached to an aromatic ring is 4. The summed E-state index contributed by atoms with van der Waals surface area (Å²) >= 11 is 2.23. The van der Waals surface area contributed by atoms with E-state index in [1.54, 1.807) is 7.05 Å². The summed E-state index contributed by atoms with van der Waals surface area (Å²) in [6.07, 6.45) is -17.8. The number of phosphoric ester groups is 4. The molecule has 4 fully saturated rings. The minimum Gasteiger partial charge on any atom is -0.387 e. The number of fused-ring (bicyclic) bond motifs is 4. The number of aromatic nitrogens is 16. The molecule has 12 heterocycles. The number of H-pyrrole nitrogens is 5. The highest BCUT2D eigenvalue weighted by molar-refractivity contribution is 7.99. The van der Waals surface area contributed by atoms with Gasteiger partial charge >= 0.3 is 42.6 Å². The molecule has 0 amide bonds. The van der Waals surface area contributed by atoms with Crippen molar-refractivity contribution < 1.29 is 143 Å². The lowest BCUT2D eigenvalue weighted by Crippen LogP contribution is -2.46. The van der Waals surface area contributed by atoms with Gasteiger partial charge in [-0.3, -0.25) is 94.0 Å². The number of hydrogen-bond acceptors (Lipinski definition) is 40. The number of nitrogens with zero attached hydrogens (tertiary/aromatic N) is 11. The number of aliphatic hydroxyl groups excluding tert-OH is 8. The summed E-state index contributed by atoms with van der Waals surface area (Å²) < 4.78 is 118. The van der Waals surface area contributed by atoms with Crippen molar-refractivity contribution in [3.05, 3.63) is 66.7 Å². The first-order valence-corrected chi connectivity index (χ1v) is 39.5. The van der Waals surface area contributed by atoms with Gasteiger partial charge in [-0.15, -0.1) is 0 Å². The number of ether oxygens (including phenoxy) is 4. The van der Waals surface area contributed by atoms with E-state index in [-0.39, 0.29) is 125 Å². The molecule has 4 aliphatic rings. The molecule has 25 N–H and O–H groups in total. The van der Waals surface area contributed by atoms with Gasteiger partial charge in [0.25, 0.3) is 34.1 Å². The van der Waals surface area contributed by atoms with E-state index in [2.05, 4.69) is 54.8 Å². The topological polar surface area (TPSA) is 773 Å². The Hall–Kier alpha value is -6.74. The van der Waals surface area contributed by atoms with Crippen LogP contribution in [-0.4, -0.2) is 278 Å². The molecule has 0 saturated carbocycles. The van der Waals surface area contributed by atoms with Crippen LogP contribution in [0, 0.1) is 0 Å². The smallest absolute Gasteiger partial charge is 0.387 e. The second-order valence-corrected chi connectivity index (χ2v) is 31.7. The molecule has 20 atom stereocenters. The predicted molar refractivity (Wildman–Crippen MR) is 364 cm³/mol. The molecule has 12 rings (SSSR count). The van der Waals surface area contributed by atoms with E-state index in [0.29, 0.717) is 0 Å². The van der Waals surface area contributed by atoms with Crippen LogP contribution in [0.3, 0.4) is 0 Å².